The molecule has 4 nitrogen and oxygen atoms in total. The molecule has 0 aliphatic heterocycles. The Bertz CT molecular complexity index is 433. The van der Waals surface area contributed by atoms with E-state index in [-0.39, 0.29) is 23.0 Å². The summed E-state index contributed by atoms with van der Waals surface area (Å²) in [4.78, 5) is 10.9. The molecule has 5 heteroatoms. The summed E-state index contributed by atoms with van der Waals surface area (Å²) in [6.45, 7) is 5.89. The SMILES string of the molecule is CC(C)C(C)Nc1cc(C(=O)O)c(N)cc1F. The fourth-order valence-corrected chi connectivity index (χ4v) is 1.30. The molecule has 4 N–H and O–H groups in total. The van der Waals surface area contributed by atoms with Crippen molar-refractivity contribution in [3.63, 3.8) is 0 Å². The number of halogens is 1. The van der Waals surface area contributed by atoms with Crippen molar-refractivity contribution in [3.8, 4) is 0 Å². The highest BCUT2D eigenvalue weighted by Gasteiger charge is 2.15. The van der Waals surface area contributed by atoms with Crippen molar-refractivity contribution in [2.45, 2.75) is 26.8 Å². The van der Waals surface area contributed by atoms with Crippen molar-refractivity contribution in [2.75, 3.05) is 11.1 Å². The van der Waals surface area contributed by atoms with Crippen LogP contribution in [0.2, 0.25) is 0 Å². The van der Waals surface area contributed by atoms with Crippen molar-refractivity contribution in [3.05, 3.63) is 23.5 Å². The Kier molecular flexibility index (Phi) is 3.93. The van der Waals surface area contributed by atoms with Crippen LogP contribution in [-0.4, -0.2) is 17.1 Å². The first-order valence-electron chi connectivity index (χ1n) is 5.41. The molecule has 1 unspecified atom stereocenters. The lowest BCUT2D eigenvalue weighted by Crippen LogP contribution is -2.22. The van der Waals surface area contributed by atoms with Gasteiger partial charge in [-0.2, -0.15) is 0 Å². The maximum absolute atomic E-state index is 13.6. The number of carboxylic acids is 1. The van der Waals surface area contributed by atoms with Gasteiger partial charge < -0.3 is 16.2 Å². The van der Waals surface area contributed by atoms with Crippen LogP contribution >= 0.6 is 0 Å². The van der Waals surface area contributed by atoms with Gasteiger partial charge in [0.25, 0.3) is 0 Å². The quantitative estimate of drug-likeness (QED) is 0.707. The number of aromatic carboxylic acids is 1. The van der Waals surface area contributed by atoms with Crippen LogP contribution in [0.4, 0.5) is 15.8 Å². The van der Waals surface area contributed by atoms with E-state index >= 15 is 0 Å². The first kappa shape index (κ1) is 13.3. The normalized spacial score (nSPS) is 12.5. The molecule has 0 saturated heterocycles. The van der Waals surface area contributed by atoms with E-state index < -0.39 is 11.8 Å². The number of nitrogen functional groups attached to an aromatic ring is 1. The largest absolute Gasteiger partial charge is 0.478 e. The summed E-state index contributed by atoms with van der Waals surface area (Å²) in [5.41, 5.74) is 5.43. The average molecular weight is 240 g/mol. The van der Waals surface area contributed by atoms with E-state index in [9.17, 15) is 9.18 Å². The standard InChI is InChI=1S/C12H17FN2O2/c1-6(2)7(3)15-11-4-8(12(16)17)10(14)5-9(11)13/h4-7,15H,14H2,1-3H3,(H,16,17). The van der Waals surface area contributed by atoms with Crippen LogP contribution in [0.15, 0.2) is 12.1 Å². The fraction of sp³-hybridized carbons (Fsp3) is 0.417. The van der Waals surface area contributed by atoms with Crippen LogP contribution in [0.3, 0.4) is 0 Å². The zero-order chi connectivity index (χ0) is 13.2. The molecule has 0 aromatic heterocycles. The van der Waals surface area contributed by atoms with Crippen LogP contribution < -0.4 is 11.1 Å². The van der Waals surface area contributed by atoms with Crippen molar-refractivity contribution >= 4 is 17.3 Å². The minimum absolute atomic E-state index is 0.0368. The lowest BCUT2D eigenvalue weighted by atomic mass is 10.1. The second kappa shape index (κ2) is 5.03. The van der Waals surface area contributed by atoms with Gasteiger partial charge in [0.05, 0.1) is 11.3 Å². The van der Waals surface area contributed by atoms with E-state index in [1.165, 1.54) is 6.07 Å². The van der Waals surface area contributed by atoms with Gasteiger partial charge in [0.2, 0.25) is 0 Å². The third-order valence-electron chi connectivity index (χ3n) is 2.75. The smallest absolute Gasteiger partial charge is 0.337 e. The molecule has 1 atom stereocenters. The number of rotatable bonds is 4. The Morgan fingerprint density at radius 2 is 2.00 bits per heavy atom. The maximum atomic E-state index is 13.6. The number of carbonyl (C=O) groups is 1. The molecule has 1 aromatic rings. The molecule has 0 saturated carbocycles. The lowest BCUT2D eigenvalue weighted by Gasteiger charge is -2.19. The number of nitrogens with one attached hydrogen (secondary N) is 1. The molecular formula is C12H17FN2O2. The highest BCUT2D eigenvalue weighted by atomic mass is 19.1. The van der Waals surface area contributed by atoms with Crippen molar-refractivity contribution in [2.24, 2.45) is 5.92 Å². The Morgan fingerprint density at radius 3 is 2.47 bits per heavy atom. The second-order valence-electron chi connectivity index (χ2n) is 4.40. The van der Waals surface area contributed by atoms with E-state index in [0.29, 0.717) is 5.92 Å². The number of hydrogen-bond donors (Lipinski definition) is 3. The Hall–Kier alpha value is -1.78. The van der Waals surface area contributed by atoms with Gasteiger partial charge >= 0.3 is 5.97 Å². The molecule has 0 amide bonds. The highest BCUT2D eigenvalue weighted by molar-refractivity contribution is 5.94. The minimum Gasteiger partial charge on any atom is -0.478 e. The molecular weight excluding hydrogens is 223 g/mol. The minimum atomic E-state index is -1.16. The van der Waals surface area contributed by atoms with Gasteiger partial charge in [0.15, 0.2) is 0 Å². The molecule has 0 fully saturated rings. The molecule has 0 heterocycles. The molecule has 94 valence electrons. The van der Waals surface area contributed by atoms with Gasteiger partial charge in [-0.15, -0.1) is 0 Å². The molecule has 0 aliphatic rings. The zero-order valence-corrected chi connectivity index (χ0v) is 10.1. The number of hydrogen-bond acceptors (Lipinski definition) is 3. The molecule has 0 aliphatic carbocycles. The predicted octanol–water partition coefficient (Wildman–Crippen LogP) is 2.56. The van der Waals surface area contributed by atoms with Crippen LogP contribution in [0, 0.1) is 11.7 Å². The van der Waals surface area contributed by atoms with Crippen molar-refractivity contribution < 1.29 is 14.3 Å². The van der Waals surface area contributed by atoms with Crippen molar-refractivity contribution in [1.29, 1.82) is 0 Å². The summed E-state index contributed by atoms with van der Waals surface area (Å²) in [5.74, 6) is -1.40. The summed E-state index contributed by atoms with van der Waals surface area (Å²) in [7, 11) is 0. The van der Waals surface area contributed by atoms with Gasteiger partial charge in [-0.1, -0.05) is 13.8 Å². The van der Waals surface area contributed by atoms with E-state index in [2.05, 4.69) is 5.32 Å². The summed E-state index contributed by atoms with van der Waals surface area (Å²) in [6.07, 6.45) is 0. The summed E-state index contributed by atoms with van der Waals surface area (Å²) < 4.78 is 13.6. The fourth-order valence-electron chi connectivity index (χ4n) is 1.30. The Balaban J connectivity index is 3.08. The highest BCUT2D eigenvalue weighted by Crippen LogP contribution is 2.23. The van der Waals surface area contributed by atoms with Crippen LogP contribution in [0.5, 0.6) is 0 Å². The Labute approximate surface area is 99.6 Å². The second-order valence-corrected chi connectivity index (χ2v) is 4.40. The maximum Gasteiger partial charge on any atom is 0.337 e. The summed E-state index contributed by atoms with van der Waals surface area (Å²) in [6, 6.07) is 2.29. The number of carboxylic acid groups (broad SMARTS) is 1. The summed E-state index contributed by atoms with van der Waals surface area (Å²) >= 11 is 0. The first-order valence-corrected chi connectivity index (χ1v) is 5.41. The van der Waals surface area contributed by atoms with Gasteiger partial charge in [0.1, 0.15) is 5.82 Å². The van der Waals surface area contributed by atoms with Gasteiger partial charge in [-0.3, -0.25) is 0 Å². The molecule has 0 bridgehead atoms. The van der Waals surface area contributed by atoms with Crippen LogP contribution in [-0.2, 0) is 0 Å². The third-order valence-corrected chi connectivity index (χ3v) is 2.75. The monoisotopic (exact) mass is 240 g/mol. The van der Waals surface area contributed by atoms with Crippen molar-refractivity contribution in [1.82, 2.24) is 0 Å². The molecule has 17 heavy (non-hydrogen) atoms. The van der Waals surface area contributed by atoms with E-state index in [1.807, 2.05) is 20.8 Å². The van der Waals surface area contributed by atoms with E-state index in [1.54, 1.807) is 0 Å². The van der Waals surface area contributed by atoms with Crippen LogP contribution in [0.25, 0.3) is 0 Å². The van der Waals surface area contributed by atoms with E-state index in [0.717, 1.165) is 6.07 Å². The van der Waals surface area contributed by atoms with Gasteiger partial charge in [0, 0.05) is 11.7 Å². The molecule has 0 radical (unpaired) electrons. The number of nitrogens with two attached hydrogens (primary N) is 1. The lowest BCUT2D eigenvalue weighted by molar-refractivity contribution is 0.0698. The van der Waals surface area contributed by atoms with Gasteiger partial charge in [-0.25, -0.2) is 9.18 Å². The summed E-state index contributed by atoms with van der Waals surface area (Å²) in [5, 5.41) is 11.8. The number of anilines is 2. The van der Waals surface area contributed by atoms with E-state index in [4.69, 9.17) is 10.8 Å². The first-order chi connectivity index (χ1) is 7.82. The molecule has 1 aromatic carbocycles. The third kappa shape index (κ3) is 3.09. The number of benzene rings is 1. The average Bonchev–Trinajstić information content (AvgIpc) is 2.21. The predicted molar refractivity (Wildman–Crippen MR) is 65.7 cm³/mol. The van der Waals surface area contributed by atoms with Crippen LogP contribution in [0.1, 0.15) is 31.1 Å². The zero-order valence-electron chi connectivity index (χ0n) is 10.1. The van der Waals surface area contributed by atoms with Gasteiger partial charge in [-0.05, 0) is 25.0 Å². The molecule has 0 spiro atoms. The topological polar surface area (TPSA) is 75.3 Å². The molecule has 1 rings (SSSR count). The Morgan fingerprint density at radius 1 is 1.41 bits per heavy atom.